The van der Waals surface area contributed by atoms with E-state index in [1.807, 2.05) is 0 Å². The Kier molecular flexibility index (Phi) is 6.22. The van der Waals surface area contributed by atoms with Gasteiger partial charge >= 0.3 is 0 Å². The molecule has 0 amide bonds. The topological polar surface area (TPSA) is 21.7 Å². The van der Waals surface area contributed by atoms with Gasteiger partial charge in [-0.05, 0) is 38.3 Å². The zero-order valence-corrected chi connectivity index (χ0v) is 10.4. The molecule has 0 N–H and O–H groups in total. The van der Waals surface area contributed by atoms with Crippen LogP contribution in [0.4, 0.5) is 0 Å². The van der Waals surface area contributed by atoms with Crippen molar-refractivity contribution in [2.24, 2.45) is 5.92 Å². The van der Waals surface area contributed by atoms with Gasteiger partial charge in [-0.3, -0.25) is 4.90 Å². The Morgan fingerprint density at radius 1 is 1.20 bits per heavy atom. The Balaban J connectivity index is 2.30. The quantitative estimate of drug-likeness (QED) is 0.656. The van der Waals surface area contributed by atoms with Crippen molar-refractivity contribution in [2.75, 3.05) is 33.9 Å². The van der Waals surface area contributed by atoms with Gasteiger partial charge in [-0.25, -0.2) is 0 Å². The summed E-state index contributed by atoms with van der Waals surface area (Å²) in [5, 5.41) is 0. The lowest BCUT2D eigenvalue weighted by Crippen LogP contribution is -2.35. The van der Waals surface area contributed by atoms with E-state index in [-0.39, 0.29) is 6.29 Å². The zero-order chi connectivity index (χ0) is 11.1. The van der Waals surface area contributed by atoms with Crippen molar-refractivity contribution >= 4 is 0 Å². The first-order chi connectivity index (χ1) is 7.30. The lowest BCUT2D eigenvalue weighted by atomic mass is 9.98. The van der Waals surface area contributed by atoms with Crippen LogP contribution >= 0.6 is 0 Å². The summed E-state index contributed by atoms with van der Waals surface area (Å²) in [5.41, 5.74) is 0. The number of rotatable bonds is 5. The van der Waals surface area contributed by atoms with E-state index >= 15 is 0 Å². The monoisotopic (exact) mass is 215 g/mol. The lowest BCUT2D eigenvalue weighted by Gasteiger charge is -2.24. The van der Waals surface area contributed by atoms with Crippen LogP contribution in [-0.2, 0) is 9.47 Å². The van der Waals surface area contributed by atoms with E-state index in [0.717, 1.165) is 12.5 Å². The van der Waals surface area contributed by atoms with Gasteiger partial charge in [0.05, 0.1) is 0 Å². The van der Waals surface area contributed by atoms with Crippen molar-refractivity contribution in [3.8, 4) is 0 Å². The van der Waals surface area contributed by atoms with Crippen molar-refractivity contribution in [3.63, 3.8) is 0 Å². The summed E-state index contributed by atoms with van der Waals surface area (Å²) in [6.45, 7) is 5.60. The predicted molar refractivity (Wildman–Crippen MR) is 61.9 cm³/mol. The van der Waals surface area contributed by atoms with Crippen LogP contribution in [0, 0.1) is 5.92 Å². The van der Waals surface area contributed by atoms with Gasteiger partial charge in [-0.1, -0.05) is 13.3 Å². The Morgan fingerprint density at radius 2 is 1.93 bits per heavy atom. The minimum absolute atomic E-state index is 0.0665. The second-order valence-corrected chi connectivity index (χ2v) is 4.41. The van der Waals surface area contributed by atoms with Crippen LogP contribution in [0.5, 0.6) is 0 Å². The number of hydrogen-bond donors (Lipinski definition) is 0. The molecule has 1 fully saturated rings. The highest BCUT2D eigenvalue weighted by Crippen LogP contribution is 2.20. The van der Waals surface area contributed by atoms with Crippen molar-refractivity contribution < 1.29 is 9.47 Å². The summed E-state index contributed by atoms with van der Waals surface area (Å²) in [7, 11) is 3.42. The molecule has 1 aliphatic rings. The third-order valence-electron chi connectivity index (χ3n) is 3.45. The first kappa shape index (κ1) is 12.9. The third kappa shape index (κ3) is 4.49. The van der Waals surface area contributed by atoms with Gasteiger partial charge in [0.25, 0.3) is 0 Å². The third-order valence-corrected chi connectivity index (χ3v) is 3.45. The minimum Gasteiger partial charge on any atom is -0.355 e. The van der Waals surface area contributed by atoms with Gasteiger partial charge in [0.2, 0.25) is 0 Å². The van der Waals surface area contributed by atoms with Gasteiger partial charge in [0.1, 0.15) is 0 Å². The van der Waals surface area contributed by atoms with Gasteiger partial charge in [-0.2, -0.15) is 0 Å². The fourth-order valence-corrected chi connectivity index (χ4v) is 2.27. The number of hydrogen-bond acceptors (Lipinski definition) is 3. The molecular weight excluding hydrogens is 190 g/mol. The van der Waals surface area contributed by atoms with Crippen molar-refractivity contribution in [1.82, 2.24) is 4.90 Å². The molecule has 1 aliphatic heterocycles. The van der Waals surface area contributed by atoms with Crippen molar-refractivity contribution in [3.05, 3.63) is 0 Å². The molecule has 90 valence electrons. The highest BCUT2D eigenvalue weighted by molar-refractivity contribution is 4.70. The highest BCUT2D eigenvalue weighted by Gasteiger charge is 2.18. The Bertz CT molecular complexity index is 160. The molecule has 0 saturated carbocycles. The SMILES string of the molecule is CCC1CCCN(CC(OC)OC)CC1. The average molecular weight is 215 g/mol. The molecule has 1 heterocycles. The largest absolute Gasteiger partial charge is 0.355 e. The number of methoxy groups -OCH3 is 2. The second-order valence-electron chi connectivity index (χ2n) is 4.41. The molecule has 1 atom stereocenters. The molecule has 15 heavy (non-hydrogen) atoms. The van der Waals surface area contributed by atoms with Crippen LogP contribution in [0.2, 0.25) is 0 Å². The van der Waals surface area contributed by atoms with Crippen molar-refractivity contribution in [1.29, 1.82) is 0 Å². The first-order valence-corrected chi connectivity index (χ1v) is 6.08. The molecule has 1 unspecified atom stereocenters. The van der Waals surface area contributed by atoms with Crippen LogP contribution in [0.1, 0.15) is 32.6 Å². The summed E-state index contributed by atoms with van der Waals surface area (Å²) in [6.07, 6.45) is 5.29. The molecule has 0 spiro atoms. The Morgan fingerprint density at radius 3 is 2.53 bits per heavy atom. The summed E-state index contributed by atoms with van der Waals surface area (Å²) < 4.78 is 10.5. The fourth-order valence-electron chi connectivity index (χ4n) is 2.27. The van der Waals surface area contributed by atoms with E-state index in [1.54, 1.807) is 14.2 Å². The Hall–Kier alpha value is -0.120. The van der Waals surface area contributed by atoms with E-state index in [0.29, 0.717) is 0 Å². The maximum atomic E-state index is 5.23. The maximum Gasteiger partial charge on any atom is 0.169 e. The smallest absolute Gasteiger partial charge is 0.169 e. The van der Waals surface area contributed by atoms with E-state index in [2.05, 4.69) is 11.8 Å². The number of nitrogens with zero attached hydrogens (tertiary/aromatic N) is 1. The molecule has 3 heteroatoms. The molecule has 0 bridgehead atoms. The molecule has 0 aliphatic carbocycles. The maximum absolute atomic E-state index is 5.23. The normalized spacial score (nSPS) is 24.4. The molecule has 0 aromatic heterocycles. The molecule has 3 nitrogen and oxygen atoms in total. The Labute approximate surface area is 93.7 Å². The summed E-state index contributed by atoms with van der Waals surface area (Å²) in [4.78, 5) is 2.47. The van der Waals surface area contributed by atoms with Gasteiger partial charge in [-0.15, -0.1) is 0 Å². The van der Waals surface area contributed by atoms with E-state index in [4.69, 9.17) is 9.47 Å². The van der Waals surface area contributed by atoms with Crippen LogP contribution in [0.15, 0.2) is 0 Å². The fraction of sp³-hybridized carbons (Fsp3) is 1.00. The summed E-state index contributed by atoms with van der Waals surface area (Å²) >= 11 is 0. The molecule has 0 aromatic carbocycles. The van der Waals surface area contributed by atoms with Crippen LogP contribution in [0.3, 0.4) is 0 Å². The van der Waals surface area contributed by atoms with Crippen molar-refractivity contribution in [2.45, 2.75) is 38.9 Å². The van der Waals surface area contributed by atoms with E-state index in [9.17, 15) is 0 Å². The zero-order valence-electron chi connectivity index (χ0n) is 10.4. The molecule has 1 saturated heterocycles. The predicted octanol–water partition coefficient (Wildman–Crippen LogP) is 2.12. The highest BCUT2D eigenvalue weighted by atomic mass is 16.7. The molecule has 0 aromatic rings. The van der Waals surface area contributed by atoms with E-state index < -0.39 is 0 Å². The van der Waals surface area contributed by atoms with E-state index in [1.165, 1.54) is 38.8 Å². The van der Waals surface area contributed by atoms with Crippen LogP contribution < -0.4 is 0 Å². The number of likely N-dealkylation sites (tertiary alicyclic amines) is 1. The summed E-state index contributed by atoms with van der Waals surface area (Å²) in [6, 6.07) is 0. The van der Waals surface area contributed by atoms with Gasteiger partial charge in [0.15, 0.2) is 6.29 Å². The average Bonchev–Trinajstić information content (AvgIpc) is 2.50. The van der Waals surface area contributed by atoms with Crippen LogP contribution in [-0.4, -0.2) is 45.0 Å². The second kappa shape index (κ2) is 7.20. The molecule has 0 radical (unpaired) electrons. The van der Waals surface area contributed by atoms with Gasteiger partial charge in [0, 0.05) is 20.8 Å². The van der Waals surface area contributed by atoms with Gasteiger partial charge < -0.3 is 9.47 Å². The minimum atomic E-state index is -0.0665. The van der Waals surface area contributed by atoms with Crippen LogP contribution in [0.25, 0.3) is 0 Å². The summed E-state index contributed by atoms with van der Waals surface area (Å²) in [5.74, 6) is 0.929. The lowest BCUT2D eigenvalue weighted by molar-refractivity contribution is -0.116. The number of ether oxygens (including phenoxy) is 2. The standard InChI is InChI=1S/C12H25NO2/c1-4-11-6-5-8-13(9-7-11)10-12(14-2)15-3/h11-12H,4-10H2,1-3H3. The molecule has 1 rings (SSSR count). The first-order valence-electron chi connectivity index (χ1n) is 6.08. The molecular formula is C12H25NO2.